The molecule has 1 spiro atoms. The molecule has 112 valence electrons. The maximum Gasteiger partial charge on any atom is 0.407 e. The first kappa shape index (κ1) is 14.1. The van der Waals surface area contributed by atoms with Crippen molar-refractivity contribution >= 4 is 11.9 Å². The van der Waals surface area contributed by atoms with Crippen molar-refractivity contribution in [1.82, 2.24) is 4.90 Å². The Morgan fingerprint density at radius 3 is 2.52 bits per heavy atom. The van der Waals surface area contributed by atoms with E-state index >= 15 is 0 Å². The molecule has 2 heterocycles. The second-order valence-electron chi connectivity index (χ2n) is 5.89. The van der Waals surface area contributed by atoms with Gasteiger partial charge >= 0.3 is 6.09 Å². The summed E-state index contributed by atoms with van der Waals surface area (Å²) < 4.78 is 6.26. The molecule has 0 aromatic heterocycles. The quantitative estimate of drug-likeness (QED) is 0.863. The van der Waals surface area contributed by atoms with Gasteiger partial charge in [0.2, 0.25) is 0 Å². The molecule has 1 atom stereocenters. The smallest absolute Gasteiger partial charge is 0.407 e. The highest BCUT2D eigenvalue weighted by Crippen LogP contribution is 2.41. The Hall–Kier alpha value is -1.88. The third kappa shape index (κ3) is 2.93. The maximum atomic E-state index is 12.1. The average molecular weight is 289 g/mol. The van der Waals surface area contributed by atoms with Crippen LogP contribution in [0.3, 0.4) is 0 Å². The second kappa shape index (κ2) is 5.48. The number of amides is 1. The summed E-state index contributed by atoms with van der Waals surface area (Å²) in [5.41, 5.74) is 0.535. The van der Waals surface area contributed by atoms with E-state index in [1.165, 1.54) is 4.90 Å². The summed E-state index contributed by atoms with van der Waals surface area (Å²) in [5.74, 6) is 0.207. The van der Waals surface area contributed by atoms with Crippen LogP contribution in [0.25, 0.3) is 0 Å². The number of hydrogen-bond acceptors (Lipinski definition) is 3. The lowest BCUT2D eigenvalue weighted by Crippen LogP contribution is -2.51. The highest BCUT2D eigenvalue weighted by molar-refractivity contribution is 5.81. The summed E-state index contributed by atoms with van der Waals surface area (Å²) in [6.45, 7) is 0.869. The Morgan fingerprint density at radius 1 is 1.24 bits per heavy atom. The number of carbonyl (C=O) groups is 2. The van der Waals surface area contributed by atoms with E-state index in [0.29, 0.717) is 38.8 Å². The Kier molecular flexibility index (Phi) is 3.68. The number of Topliss-reactive ketones (excluding diaryl/α,β-unsaturated/α-hetero) is 1. The molecule has 1 aromatic rings. The first-order valence-corrected chi connectivity index (χ1v) is 7.30. The van der Waals surface area contributed by atoms with E-state index in [4.69, 9.17) is 9.84 Å². The summed E-state index contributed by atoms with van der Waals surface area (Å²) in [6.07, 6.45) is 0.899. The number of carboxylic acid groups (broad SMARTS) is 1. The number of rotatable bonds is 1. The molecule has 3 rings (SSSR count). The third-order valence-electron chi connectivity index (χ3n) is 4.44. The Labute approximate surface area is 123 Å². The highest BCUT2D eigenvalue weighted by atomic mass is 16.5. The van der Waals surface area contributed by atoms with Crippen molar-refractivity contribution in [3.8, 4) is 0 Å². The van der Waals surface area contributed by atoms with Gasteiger partial charge in [-0.25, -0.2) is 4.79 Å². The van der Waals surface area contributed by atoms with Crippen molar-refractivity contribution in [1.29, 1.82) is 0 Å². The molecule has 1 unspecified atom stereocenters. The van der Waals surface area contributed by atoms with Crippen LogP contribution in [0.15, 0.2) is 30.3 Å². The van der Waals surface area contributed by atoms with E-state index in [0.717, 1.165) is 5.56 Å². The molecule has 2 aliphatic rings. The summed E-state index contributed by atoms with van der Waals surface area (Å²) in [6, 6.07) is 9.77. The van der Waals surface area contributed by atoms with Gasteiger partial charge in [0.25, 0.3) is 0 Å². The molecule has 21 heavy (non-hydrogen) atoms. The summed E-state index contributed by atoms with van der Waals surface area (Å²) >= 11 is 0. The largest absolute Gasteiger partial charge is 0.465 e. The zero-order valence-electron chi connectivity index (χ0n) is 11.8. The van der Waals surface area contributed by atoms with Crippen molar-refractivity contribution < 1.29 is 19.4 Å². The highest BCUT2D eigenvalue weighted by Gasteiger charge is 2.44. The van der Waals surface area contributed by atoms with E-state index < -0.39 is 11.7 Å². The van der Waals surface area contributed by atoms with Gasteiger partial charge in [-0.1, -0.05) is 30.3 Å². The van der Waals surface area contributed by atoms with Gasteiger partial charge in [0.1, 0.15) is 5.78 Å². The first-order valence-electron chi connectivity index (χ1n) is 7.30. The molecule has 2 fully saturated rings. The number of ketones is 1. The van der Waals surface area contributed by atoms with Gasteiger partial charge in [0, 0.05) is 25.9 Å². The Balaban J connectivity index is 1.75. The number of nitrogens with zero attached hydrogens (tertiary/aromatic N) is 1. The molecule has 0 radical (unpaired) electrons. The Morgan fingerprint density at radius 2 is 1.90 bits per heavy atom. The summed E-state index contributed by atoms with van der Waals surface area (Å²) in [7, 11) is 0. The lowest BCUT2D eigenvalue weighted by Gasteiger charge is -2.45. The number of likely N-dealkylation sites (tertiary alicyclic amines) is 1. The molecule has 1 N–H and O–H groups in total. The lowest BCUT2D eigenvalue weighted by atomic mass is 9.81. The zero-order chi connectivity index (χ0) is 14.9. The molecule has 1 amide bonds. The first-order chi connectivity index (χ1) is 10.1. The predicted octanol–water partition coefficient (Wildman–Crippen LogP) is 2.62. The number of ether oxygens (including phenoxy) is 1. The number of carbonyl (C=O) groups excluding carboxylic acids is 1. The topological polar surface area (TPSA) is 66.8 Å². The molecular formula is C16H19NO4. The monoisotopic (exact) mass is 289 g/mol. The van der Waals surface area contributed by atoms with Crippen LogP contribution in [-0.2, 0) is 9.53 Å². The van der Waals surface area contributed by atoms with Crippen LogP contribution in [0, 0.1) is 0 Å². The van der Waals surface area contributed by atoms with Crippen molar-refractivity contribution in [3.63, 3.8) is 0 Å². The van der Waals surface area contributed by atoms with Gasteiger partial charge in [-0.2, -0.15) is 0 Å². The number of benzene rings is 1. The number of piperidine rings is 1. The molecular weight excluding hydrogens is 270 g/mol. The third-order valence-corrected chi connectivity index (χ3v) is 4.44. The lowest BCUT2D eigenvalue weighted by molar-refractivity contribution is -0.167. The summed E-state index contributed by atoms with van der Waals surface area (Å²) in [5, 5.41) is 9.03. The number of hydrogen-bond donors (Lipinski definition) is 1. The maximum absolute atomic E-state index is 12.1. The summed E-state index contributed by atoms with van der Waals surface area (Å²) in [4.78, 5) is 24.5. The van der Waals surface area contributed by atoms with Crippen LogP contribution in [0.4, 0.5) is 4.79 Å². The molecule has 2 aliphatic heterocycles. The molecule has 0 saturated carbocycles. The van der Waals surface area contributed by atoms with Gasteiger partial charge in [0.05, 0.1) is 11.7 Å². The van der Waals surface area contributed by atoms with E-state index in [2.05, 4.69) is 0 Å². The van der Waals surface area contributed by atoms with Crippen LogP contribution < -0.4 is 0 Å². The minimum absolute atomic E-state index is 0.205. The van der Waals surface area contributed by atoms with Crippen molar-refractivity contribution in [2.45, 2.75) is 37.4 Å². The van der Waals surface area contributed by atoms with Gasteiger partial charge in [-0.15, -0.1) is 0 Å². The Bertz CT molecular complexity index is 534. The average Bonchev–Trinajstić information content (AvgIpc) is 2.48. The van der Waals surface area contributed by atoms with Gasteiger partial charge < -0.3 is 14.7 Å². The van der Waals surface area contributed by atoms with E-state index in [9.17, 15) is 9.59 Å². The fourth-order valence-corrected chi connectivity index (χ4v) is 3.28. The van der Waals surface area contributed by atoms with E-state index in [-0.39, 0.29) is 11.9 Å². The molecule has 5 nitrogen and oxygen atoms in total. The SMILES string of the molecule is O=C1CC(c2ccccc2)OC2(CCN(C(=O)O)CC2)C1. The fraction of sp³-hybridized carbons (Fsp3) is 0.500. The van der Waals surface area contributed by atoms with Crippen molar-refractivity contribution in [2.75, 3.05) is 13.1 Å². The minimum Gasteiger partial charge on any atom is -0.465 e. The van der Waals surface area contributed by atoms with E-state index in [1.807, 2.05) is 30.3 Å². The zero-order valence-corrected chi connectivity index (χ0v) is 11.8. The second-order valence-corrected chi connectivity index (χ2v) is 5.89. The van der Waals surface area contributed by atoms with Crippen LogP contribution in [-0.4, -0.2) is 40.6 Å². The fourth-order valence-electron chi connectivity index (χ4n) is 3.28. The standard InChI is InChI=1S/C16H19NO4/c18-13-10-14(12-4-2-1-3-5-12)21-16(11-13)6-8-17(9-7-16)15(19)20/h1-5,14H,6-11H2,(H,19,20). The normalized spacial score (nSPS) is 25.0. The van der Waals surface area contributed by atoms with Crippen molar-refractivity contribution in [2.24, 2.45) is 0 Å². The molecule has 1 aromatic carbocycles. The minimum atomic E-state index is -0.897. The van der Waals surface area contributed by atoms with Gasteiger partial charge in [-0.3, -0.25) is 4.79 Å². The van der Waals surface area contributed by atoms with Crippen LogP contribution in [0.2, 0.25) is 0 Å². The van der Waals surface area contributed by atoms with Crippen molar-refractivity contribution in [3.05, 3.63) is 35.9 Å². The van der Waals surface area contributed by atoms with E-state index in [1.54, 1.807) is 0 Å². The molecule has 0 aliphatic carbocycles. The molecule has 5 heteroatoms. The van der Waals surface area contributed by atoms with Crippen LogP contribution >= 0.6 is 0 Å². The van der Waals surface area contributed by atoms with Crippen LogP contribution in [0.1, 0.15) is 37.4 Å². The predicted molar refractivity (Wildman–Crippen MR) is 76.1 cm³/mol. The van der Waals surface area contributed by atoms with Gasteiger partial charge in [0.15, 0.2) is 0 Å². The molecule has 2 saturated heterocycles. The molecule has 0 bridgehead atoms. The van der Waals surface area contributed by atoms with Gasteiger partial charge in [-0.05, 0) is 18.4 Å². The van der Waals surface area contributed by atoms with Crippen LogP contribution in [0.5, 0.6) is 0 Å².